The second-order valence-electron chi connectivity index (χ2n) is 9.23. The van der Waals surface area contributed by atoms with E-state index in [1.165, 1.54) is 12.0 Å². The van der Waals surface area contributed by atoms with Crippen LogP contribution in [-0.4, -0.2) is 50.9 Å². The Morgan fingerprint density at radius 3 is 2.32 bits per heavy atom. The molecule has 1 aliphatic heterocycles. The van der Waals surface area contributed by atoms with Gasteiger partial charge in [-0.15, -0.1) is 0 Å². The first kappa shape index (κ1) is 27.6. The minimum atomic E-state index is -4.10. The van der Waals surface area contributed by atoms with Crippen LogP contribution >= 0.6 is 11.6 Å². The van der Waals surface area contributed by atoms with Gasteiger partial charge in [-0.25, -0.2) is 13.2 Å². The summed E-state index contributed by atoms with van der Waals surface area (Å²) in [5, 5.41) is 0.517. The van der Waals surface area contributed by atoms with Crippen molar-refractivity contribution < 1.29 is 27.5 Å². The Morgan fingerprint density at radius 1 is 1.05 bits per heavy atom. The summed E-state index contributed by atoms with van der Waals surface area (Å²) >= 11 is 6.03. The number of aryl methyl sites for hydroxylation is 3. The van der Waals surface area contributed by atoms with Crippen molar-refractivity contribution >= 4 is 39.2 Å². The van der Waals surface area contributed by atoms with Crippen LogP contribution in [0.25, 0.3) is 0 Å². The number of sulfonamides is 1. The van der Waals surface area contributed by atoms with Gasteiger partial charge in [-0.2, -0.15) is 4.31 Å². The van der Waals surface area contributed by atoms with Crippen LogP contribution in [0.4, 0.5) is 5.69 Å². The number of halogens is 1. The lowest BCUT2D eigenvalue weighted by Gasteiger charge is -2.35. The third-order valence-electron chi connectivity index (χ3n) is 6.33. The number of anilines is 1. The number of rotatable bonds is 7. The maximum Gasteiger partial charge on any atom is 0.348 e. The van der Waals surface area contributed by atoms with Crippen LogP contribution in [0, 0.1) is 20.8 Å². The van der Waals surface area contributed by atoms with Gasteiger partial charge in [-0.1, -0.05) is 53.6 Å². The molecule has 0 saturated heterocycles. The number of methoxy groups -OCH3 is 1. The van der Waals surface area contributed by atoms with Crippen molar-refractivity contribution in [3.05, 3.63) is 87.9 Å². The average Bonchev–Trinajstić information content (AvgIpc) is 2.87. The molecule has 0 fully saturated rings. The molecule has 0 radical (unpaired) electrons. The summed E-state index contributed by atoms with van der Waals surface area (Å²) in [5.74, 6) is -0.803. The van der Waals surface area contributed by atoms with Gasteiger partial charge >= 0.3 is 5.97 Å². The highest BCUT2D eigenvalue weighted by molar-refractivity contribution is 7.89. The zero-order valence-electron chi connectivity index (χ0n) is 21.6. The van der Waals surface area contributed by atoms with Crippen molar-refractivity contribution in [2.45, 2.75) is 38.3 Å². The maximum atomic E-state index is 14.1. The van der Waals surface area contributed by atoms with Gasteiger partial charge < -0.3 is 14.4 Å². The summed E-state index contributed by atoms with van der Waals surface area (Å²) in [6.45, 7) is 4.77. The van der Waals surface area contributed by atoms with E-state index in [9.17, 15) is 18.0 Å². The molecule has 0 saturated carbocycles. The minimum absolute atomic E-state index is 0.0512. The van der Waals surface area contributed by atoms with Gasteiger partial charge in [0.15, 0.2) is 0 Å². The smallest absolute Gasteiger partial charge is 0.348 e. The molecular formula is C28H29ClN2O6S. The molecule has 0 aliphatic carbocycles. The Kier molecular flexibility index (Phi) is 8.10. The molecule has 1 aliphatic rings. The molecule has 1 atom stereocenters. The van der Waals surface area contributed by atoms with E-state index in [1.807, 2.05) is 6.92 Å². The Morgan fingerprint density at radius 2 is 1.68 bits per heavy atom. The second kappa shape index (κ2) is 11.1. The van der Waals surface area contributed by atoms with E-state index in [0.29, 0.717) is 33.1 Å². The first-order valence-corrected chi connectivity index (χ1v) is 13.8. The fourth-order valence-corrected chi connectivity index (χ4v) is 6.60. The molecule has 3 aromatic rings. The zero-order chi connectivity index (χ0) is 27.6. The summed E-state index contributed by atoms with van der Waals surface area (Å²) in [5.41, 5.74) is 3.25. The minimum Gasteiger partial charge on any atom is -0.475 e. The standard InChI is InChI=1S/C28H29ClN2O6S/c1-18-13-19(2)27(20(3)14-18)38(34,35)30(15-21-9-11-22(29)12-10-21)17-26(32)31-16-25(28(33)36-4)37-24-8-6-5-7-23(24)31/h5-14,25H,15-17H2,1-4H3/t25-/m0/s1. The normalized spacial score (nSPS) is 15.1. The summed E-state index contributed by atoms with van der Waals surface area (Å²) in [7, 11) is -2.86. The van der Waals surface area contributed by atoms with E-state index in [1.54, 1.807) is 74.5 Å². The largest absolute Gasteiger partial charge is 0.475 e. The summed E-state index contributed by atoms with van der Waals surface area (Å²) in [4.78, 5) is 27.6. The number of para-hydroxylation sites is 2. The van der Waals surface area contributed by atoms with E-state index in [4.69, 9.17) is 21.1 Å². The first-order chi connectivity index (χ1) is 18.0. The first-order valence-electron chi connectivity index (χ1n) is 12.0. The van der Waals surface area contributed by atoms with Crippen LogP contribution in [0.15, 0.2) is 65.6 Å². The molecule has 0 spiro atoms. The summed E-state index contributed by atoms with van der Waals surface area (Å²) in [6.07, 6.45) is -1.04. The third kappa shape index (κ3) is 5.70. The van der Waals surface area contributed by atoms with E-state index in [-0.39, 0.29) is 18.0 Å². The van der Waals surface area contributed by atoms with E-state index < -0.39 is 34.5 Å². The Hall–Kier alpha value is -3.40. The Balaban J connectivity index is 1.74. The quantitative estimate of drug-likeness (QED) is 0.400. The predicted octanol–water partition coefficient (Wildman–Crippen LogP) is 4.42. The van der Waals surface area contributed by atoms with E-state index in [2.05, 4.69) is 0 Å². The van der Waals surface area contributed by atoms with Gasteiger partial charge in [-0.3, -0.25) is 4.79 Å². The van der Waals surface area contributed by atoms with Gasteiger partial charge in [0, 0.05) is 11.6 Å². The number of esters is 1. The monoisotopic (exact) mass is 556 g/mol. The van der Waals surface area contributed by atoms with Crippen LogP contribution in [0.3, 0.4) is 0 Å². The van der Waals surface area contributed by atoms with Gasteiger partial charge in [0.1, 0.15) is 5.75 Å². The number of hydrogen-bond donors (Lipinski definition) is 0. The highest BCUT2D eigenvalue weighted by atomic mass is 35.5. The molecule has 8 nitrogen and oxygen atoms in total. The molecule has 10 heteroatoms. The topological polar surface area (TPSA) is 93.2 Å². The number of ether oxygens (including phenoxy) is 2. The van der Waals surface area contributed by atoms with Crippen LogP contribution in [-0.2, 0) is 30.9 Å². The lowest BCUT2D eigenvalue weighted by Crippen LogP contribution is -2.50. The molecule has 200 valence electrons. The number of fused-ring (bicyclic) bond motifs is 1. The van der Waals surface area contributed by atoms with Crippen LogP contribution in [0.2, 0.25) is 5.02 Å². The zero-order valence-corrected chi connectivity index (χ0v) is 23.2. The van der Waals surface area contributed by atoms with Crippen molar-refractivity contribution in [1.29, 1.82) is 0 Å². The molecule has 0 unspecified atom stereocenters. The second-order valence-corrected chi connectivity index (χ2v) is 11.5. The molecule has 3 aromatic carbocycles. The molecule has 1 amide bonds. The van der Waals surface area contributed by atoms with Crippen molar-refractivity contribution in [3.63, 3.8) is 0 Å². The number of nitrogens with zero attached hydrogens (tertiary/aromatic N) is 2. The van der Waals surface area contributed by atoms with E-state index in [0.717, 1.165) is 9.87 Å². The predicted molar refractivity (Wildman–Crippen MR) is 145 cm³/mol. The fourth-order valence-electron chi connectivity index (χ4n) is 4.68. The molecule has 0 aromatic heterocycles. The number of amides is 1. The Labute approximate surface area is 227 Å². The highest BCUT2D eigenvalue weighted by Crippen LogP contribution is 2.34. The molecule has 0 bridgehead atoms. The van der Waals surface area contributed by atoms with Gasteiger partial charge in [0.25, 0.3) is 0 Å². The van der Waals surface area contributed by atoms with Crippen molar-refractivity contribution in [3.8, 4) is 5.75 Å². The summed E-state index contributed by atoms with van der Waals surface area (Å²) < 4.78 is 39.9. The van der Waals surface area contributed by atoms with Crippen LogP contribution < -0.4 is 9.64 Å². The van der Waals surface area contributed by atoms with Crippen molar-refractivity contribution in [1.82, 2.24) is 4.31 Å². The molecule has 0 N–H and O–H groups in total. The molecule has 1 heterocycles. The average molecular weight is 557 g/mol. The third-order valence-corrected chi connectivity index (χ3v) is 8.68. The van der Waals surface area contributed by atoms with Gasteiger partial charge in [0.05, 0.1) is 30.8 Å². The molecule has 38 heavy (non-hydrogen) atoms. The fraction of sp³-hybridized carbons (Fsp3) is 0.286. The van der Waals surface area contributed by atoms with Crippen LogP contribution in [0.1, 0.15) is 22.3 Å². The van der Waals surface area contributed by atoms with Crippen molar-refractivity contribution in [2.24, 2.45) is 0 Å². The van der Waals surface area contributed by atoms with Crippen molar-refractivity contribution in [2.75, 3.05) is 25.1 Å². The molecular weight excluding hydrogens is 528 g/mol. The SMILES string of the molecule is COC(=O)[C@@H]1CN(C(=O)CN(Cc2ccc(Cl)cc2)S(=O)(=O)c2c(C)cc(C)cc2C)c2ccccc2O1. The molecule has 4 rings (SSSR count). The highest BCUT2D eigenvalue weighted by Gasteiger charge is 2.37. The lowest BCUT2D eigenvalue weighted by atomic mass is 10.1. The van der Waals surface area contributed by atoms with E-state index >= 15 is 0 Å². The Bertz CT molecular complexity index is 1450. The lowest BCUT2D eigenvalue weighted by molar-refractivity contribution is -0.148. The van der Waals surface area contributed by atoms with Gasteiger partial charge in [-0.05, 0) is 61.7 Å². The van der Waals surface area contributed by atoms with Crippen LogP contribution in [0.5, 0.6) is 5.75 Å². The van der Waals surface area contributed by atoms with Gasteiger partial charge in [0.2, 0.25) is 22.0 Å². The number of carbonyl (C=O) groups is 2. The number of hydrogen-bond acceptors (Lipinski definition) is 6. The number of benzene rings is 3. The number of carbonyl (C=O) groups excluding carboxylic acids is 2. The summed E-state index contributed by atoms with van der Waals surface area (Å²) in [6, 6.07) is 17.2. The maximum absolute atomic E-state index is 14.1.